The van der Waals surface area contributed by atoms with Crippen LogP contribution in [-0.2, 0) is 0 Å². The first-order valence-corrected chi connectivity index (χ1v) is 4.12. The SMILES string of the molecule is CC.Cc1nc2ccncc2[nH]1. The van der Waals surface area contributed by atoms with Gasteiger partial charge in [0.1, 0.15) is 5.82 Å². The van der Waals surface area contributed by atoms with Gasteiger partial charge in [0, 0.05) is 6.20 Å². The molecule has 0 bridgehead atoms. The first kappa shape index (κ1) is 8.71. The molecule has 0 spiro atoms. The quantitative estimate of drug-likeness (QED) is 0.647. The summed E-state index contributed by atoms with van der Waals surface area (Å²) >= 11 is 0. The Balaban J connectivity index is 0.000000336. The maximum Gasteiger partial charge on any atom is 0.104 e. The van der Waals surface area contributed by atoms with Gasteiger partial charge in [-0.05, 0) is 13.0 Å². The molecule has 1 N–H and O–H groups in total. The van der Waals surface area contributed by atoms with Crippen molar-refractivity contribution < 1.29 is 0 Å². The third-order valence-corrected chi connectivity index (χ3v) is 1.40. The number of hydrogen-bond donors (Lipinski definition) is 1. The van der Waals surface area contributed by atoms with Gasteiger partial charge in [-0.3, -0.25) is 4.98 Å². The van der Waals surface area contributed by atoms with Gasteiger partial charge in [0.15, 0.2) is 0 Å². The van der Waals surface area contributed by atoms with Crippen molar-refractivity contribution in [3.63, 3.8) is 0 Å². The first-order valence-electron chi connectivity index (χ1n) is 4.12. The fourth-order valence-electron chi connectivity index (χ4n) is 0.984. The number of aromatic amines is 1. The first-order chi connectivity index (χ1) is 5.86. The Kier molecular flexibility index (Phi) is 2.80. The van der Waals surface area contributed by atoms with Crippen molar-refractivity contribution in [2.45, 2.75) is 20.8 Å². The van der Waals surface area contributed by atoms with Crippen LogP contribution in [0.5, 0.6) is 0 Å². The summed E-state index contributed by atoms with van der Waals surface area (Å²) in [7, 11) is 0. The molecule has 0 aliphatic heterocycles. The molecule has 0 aliphatic rings. The van der Waals surface area contributed by atoms with E-state index in [4.69, 9.17) is 0 Å². The molecule has 3 nitrogen and oxygen atoms in total. The van der Waals surface area contributed by atoms with E-state index in [1.807, 2.05) is 26.8 Å². The topological polar surface area (TPSA) is 41.6 Å². The molecule has 64 valence electrons. The summed E-state index contributed by atoms with van der Waals surface area (Å²) in [6, 6.07) is 1.89. The highest BCUT2D eigenvalue weighted by Crippen LogP contribution is 2.06. The van der Waals surface area contributed by atoms with Gasteiger partial charge < -0.3 is 4.98 Å². The molecule has 2 heterocycles. The van der Waals surface area contributed by atoms with Crippen molar-refractivity contribution >= 4 is 11.0 Å². The van der Waals surface area contributed by atoms with Crippen molar-refractivity contribution in [1.82, 2.24) is 15.0 Å². The number of fused-ring (bicyclic) bond motifs is 1. The molecule has 0 fully saturated rings. The van der Waals surface area contributed by atoms with E-state index in [1.165, 1.54) is 0 Å². The van der Waals surface area contributed by atoms with Crippen LogP contribution in [0.4, 0.5) is 0 Å². The van der Waals surface area contributed by atoms with Crippen LogP contribution >= 0.6 is 0 Å². The Bertz CT molecular complexity index is 318. The number of aromatic nitrogens is 3. The van der Waals surface area contributed by atoms with Gasteiger partial charge in [-0.2, -0.15) is 0 Å². The third-order valence-electron chi connectivity index (χ3n) is 1.40. The van der Waals surface area contributed by atoms with Crippen LogP contribution in [0.25, 0.3) is 11.0 Å². The summed E-state index contributed by atoms with van der Waals surface area (Å²) in [6.45, 7) is 5.93. The molecule has 0 amide bonds. The van der Waals surface area contributed by atoms with Crippen LogP contribution in [0.15, 0.2) is 18.5 Å². The normalized spacial score (nSPS) is 9.25. The molecule has 12 heavy (non-hydrogen) atoms. The molecule has 0 saturated carbocycles. The zero-order valence-electron chi connectivity index (χ0n) is 7.63. The van der Waals surface area contributed by atoms with E-state index in [9.17, 15) is 0 Å². The molecule has 2 aromatic heterocycles. The predicted molar refractivity (Wildman–Crippen MR) is 50.0 cm³/mol. The number of pyridine rings is 1. The number of aryl methyl sites for hydroxylation is 1. The molecular weight excluding hydrogens is 150 g/mol. The summed E-state index contributed by atoms with van der Waals surface area (Å²) in [4.78, 5) is 11.3. The molecule has 0 aliphatic carbocycles. The predicted octanol–water partition coefficient (Wildman–Crippen LogP) is 2.29. The maximum atomic E-state index is 4.22. The van der Waals surface area contributed by atoms with Crippen LogP contribution in [0.1, 0.15) is 19.7 Å². The lowest BCUT2D eigenvalue weighted by Crippen LogP contribution is -1.69. The lowest BCUT2D eigenvalue weighted by atomic mass is 10.4. The molecule has 0 atom stereocenters. The second-order valence-corrected chi connectivity index (χ2v) is 2.22. The van der Waals surface area contributed by atoms with Gasteiger partial charge >= 0.3 is 0 Å². The Hall–Kier alpha value is -1.38. The van der Waals surface area contributed by atoms with Crippen LogP contribution < -0.4 is 0 Å². The van der Waals surface area contributed by atoms with E-state index in [1.54, 1.807) is 12.4 Å². The smallest absolute Gasteiger partial charge is 0.104 e. The Morgan fingerprint density at radius 1 is 1.33 bits per heavy atom. The minimum Gasteiger partial charge on any atom is -0.341 e. The average molecular weight is 163 g/mol. The molecule has 2 aromatic rings. The summed E-state index contributed by atoms with van der Waals surface area (Å²) < 4.78 is 0. The van der Waals surface area contributed by atoms with Gasteiger partial charge in [-0.1, -0.05) is 13.8 Å². The van der Waals surface area contributed by atoms with Gasteiger partial charge in [-0.15, -0.1) is 0 Å². The van der Waals surface area contributed by atoms with Crippen molar-refractivity contribution in [2.24, 2.45) is 0 Å². The number of rotatable bonds is 0. The summed E-state index contributed by atoms with van der Waals surface area (Å²) in [5.74, 6) is 0.933. The highest BCUT2D eigenvalue weighted by atomic mass is 14.9. The van der Waals surface area contributed by atoms with Crippen molar-refractivity contribution in [3.8, 4) is 0 Å². The number of nitrogens with zero attached hydrogens (tertiary/aromatic N) is 2. The van der Waals surface area contributed by atoms with Crippen molar-refractivity contribution in [2.75, 3.05) is 0 Å². The van der Waals surface area contributed by atoms with Crippen LogP contribution in [-0.4, -0.2) is 15.0 Å². The second kappa shape index (κ2) is 3.85. The van der Waals surface area contributed by atoms with Gasteiger partial charge in [-0.25, -0.2) is 4.98 Å². The van der Waals surface area contributed by atoms with E-state index in [0.717, 1.165) is 16.9 Å². The number of hydrogen-bond acceptors (Lipinski definition) is 2. The number of nitrogens with one attached hydrogen (secondary N) is 1. The fourth-order valence-corrected chi connectivity index (χ4v) is 0.984. The van der Waals surface area contributed by atoms with E-state index in [2.05, 4.69) is 15.0 Å². The maximum absolute atomic E-state index is 4.22. The minimum atomic E-state index is 0.933. The molecular formula is C9H13N3. The van der Waals surface area contributed by atoms with E-state index in [0.29, 0.717) is 0 Å². The largest absolute Gasteiger partial charge is 0.341 e. The van der Waals surface area contributed by atoms with E-state index >= 15 is 0 Å². The van der Waals surface area contributed by atoms with E-state index < -0.39 is 0 Å². The zero-order valence-corrected chi connectivity index (χ0v) is 7.63. The van der Waals surface area contributed by atoms with Crippen molar-refractivity contribution in [1.29, 1.82) is 0 Å². The molecule has 0 aromatic carbocycles. The van der Waals surface area contributed by atoms with Crippen molar-refractivity contribution in [3.05, 3.63) is 24.3 Å². The van der Waals surface area contributed by atoms with Gasteiger partial charge in [0.25, 0.3) is 0 Å². The minimum absolute atomic E-state index is 0.933. The summed E-state index contributed by atoms with van der Waals surface area (Å²) in [6.07, 6.45) is 3.51. The standard InChI is InChI=1S/C7H7N3.C2H6/c1-5-9-6-2-3-8-4-7(6)10-5;1-2/h2-4H,1H3,(H,9,10);1-2H3. The average Bonchev–Trinajstić information content (AvgIpc) is 2.48. The lowest BCUT2D eigenvalue weighted by Gasteiger charge is -1.80. The Labute approximate surface area is 71.9 Å². The van der Waals surface area contributed by atoms with E-state index in [-0.39, 0.29) is 0 Å². The number of imidazole rings is 1. The number of H-pyrrole nitrogens is 1. The highest BCUT2D eigenvalue weighted by molar-refractivity contribution is 5.73. The highest BCUT2D eigenvalue weighted by Gasteiger charge is 1.94. The monoisotopic (exact) mass is 163 g/mol. The summed E-state index contributed by atoms with van der Waals surface area (Å²) in [5.41, 5.74) is 1.98. The van der Waals surface area contributed by atoms with Crippen LogP contribution in [0.3, 0.4) is 0 Å². The summed E-state index contributed by atoms with van der Waals surface area (Å²) in [5, 5.41) is 0. The molecule has 0 unspecified atom stereocenters. The third kappa shape index (κ3) is 1.61. The zero-order chi connectivity index (χ0) is 8.97. The van der Waals surface area contributed by atoms with Crippen LogP contribution in [0.2, 0.25) is 0 Å². The van der Waals surface area contributed by atoms with Gasteiger partial charge in [0.05, 0.1) is 17.2 Å². The van der Waals surface area contributed by atoms with Gasteiger partial charge in [0.2, 0.25) is 0 Å². The molecule has 0 radical (unpaired) electrons. The van der Waals surface area contributed by atoms with Crippen LogP contribution in [0, 0.1) is 6.92 Å². The fraction of sp³-hybridized carbons (Fsp3) is 0.333. The Morgan fingerprint density at radius 2 is 2.08 bits per heavy atom. The lowest BCUT2D eigenvalue weighted by molar-refractivity contribution is 1.17. The molecule has 3 heteroatoms. The molecule has 2 rings (SSSR count). The second-order valence-electron chi connectivity index (χ2n) is 2.22. The Morgan fingerprint density at radius 3 is 2.75 bits per heavy atom. The molecule has 0 saturated heterocycles.